The molecular formula is C21H24O. The van der Waals surface area contributed by atoms with E-state index >= 15 is 0 Å². The van der Waals surface area contributed by atoms with Gasteiger partial charge in [0.1, 0.15) is 5.78 Å². The molecule has 2 aromatic carbocycles. The van der Waals surface area contributed by atoms with Crippen LogP contribution in [0.25, 0.3) is 0 Å². The first-order valence-corrected chi connectivity index (χ1v) is 8.38. The molecule has 1 aliphatic carbocycles. The fourth-order valence-corrected chi connectivity index (χ4v) is 3.63. The highest BCUT2D eigenvalue weighted by atomic mass is 16.1. The van der Waals surface area contributed by atoms with Crippen molar-refractivity contribution < 1.29 is 4.79 Å². The van der Waals surface area contributed by atoms with Crippen molar-refractivity contribution in [3.63, 3.8) is 0 Å². The fraction of sp³-hybridized carbons (Fsp3) is 0.381. The second-order valence-electron chi connectivity index (χ2n) is 6.52. The summed E-state index contributed by atoms with van der Waals surface area (Å²) in [6, 6.07) is 19.4. The summed E-state index contributed by atoms with van der Waals surface area (Å²) in [5.74, 6) is 1.03. The van der Waals surface area contributed by atoms with Crippen LogP contribution in [0.3, 0.4) is 0 Å². The second-order valence-corrected chi connectivity index (χ2v) is 6.52. The number of aryl methyl sites for hydroxylation is 1. The van der Waals surface area contributed by atoms with Gasteiger partial charge in [0.05, 0.1) is 0 Å². The third-order valence-corrected chi connectivity index (χ3v) is 4.85. The number of benzene rings is 2. The zero-order valence-corrected chi connectivity index (χ0v) is 13.3. The Bertz CT molecular complexity index is 629. The van der Waals surface area contributed by atoms with Crippen molar-refractivity contribution in [2.75, 3.05) is 0 Å². The molecule has 0 amide bonds. The van der Waals surface area contributed by atoms with Crippen LogP contribution in [-0.2, 0) is 4.79 Å². The molecule has 2 aromatic rings. The van der Waals surface area contributed by atoms with Crippen molar-refractivity contribution in [1.82, 2.24) is 0 Å². The van der Waals surface area contributed by atoms with Crippen molar-refractivity contribution in [2.45, 2.75) is 44.9 Å². The molecule has 1 aliphatic rings. The summed E-state index contributed by atoms with van der Waals surface area (Å²) in [4.78, 5) is 12.3. The molecule has 1 fully saturated rings. The first-order chi connectivity index (χ1) is 10.7. The van der Waals surface area contributed by atoms with Crippen molar-refractivity contribution in [3.05, 3.63) is 71.3 Å². The number of carbonyl (C=O) groups is 1. The lowest BCUT2D eigenvalue weighted by molar-refractivity contribution is -0.124. The Labute approximate surface area is 133 Å². The average molecular weight is 292 g/mol. The number of carbonyl (C=O) groups excluding carboxylic acids is 1. The molecule has 1 heteroatoms. The van der Waals surface area contributed by atoms with Gasteiger partial charge in [-0.05, 0) is 37.3 Å². The van der Waals surface area contributed by atoms with Crippen LogP contribution in [0.5, 0.6) is 0 Å². The number of hydrogen-bond donors (Lipinski definition) is 0. The van der Waals surface area contributed by atoms with Gasteiger partial charge in [0.15, 0.2) is 0 Å². The molecule has 2 atom stereocenters. The van der Waals surface area contributed by atoms with E-state index < -0.39 is 0 Å². The topological polar surface area (TPSA) is 17.1 Å². The van der Waals surface area contributed by atoms with Crippen LogP contribution in [0.15, 0.2) is 54.6 Å². The molecule has 3 rings (SSSR count). The van der Waals surface area contributed by atoms with Gasteiger partial charge in [-0.15, -0.1) is 0 Å². The average Bonchev–Trinajstić information content (AvgIpc) is 2.55. The van der Waals surface area contributed by atoms with Gasteiger partial charge in [-0.25, -0.2) is 0 Å². The van der Waals surface area contributed by atoms with E-state index in [2.05, 4.69) is 61.5 Å². The summed E-state index contributed by atoms with van der Waals surface area (Å²) < 4.78 is 0. The summed E-state index contributed by atoms with van der Waals surface area (Å²) in [5, 5.41) is 0. The van der Waals surface area contributed by atoms with Gasteiger partial charge in [0.2, 0.25) is 0 Å². The third kappa shape index (κ3) is 3.47. The smallest absolute Gasteiger partial charge is 0.136 e. The molecule has 0 N–H and O–H groups in total. The maximum absolute atomic E-state index is 12.3. The maximum Gasteiger partial charge on any atom is 0.136 e. The van der Waals surface area contributed by atoms with E-state index in [4.69, 9.17) is 0 Å². The van der Waals surface area contributed by atoms with Crippen LogP contribution in [0.2, 0.25) is 0 Å². The second kappa shape index (κ2) is 6.91. The molecule has 0 radical (unpaired) electrons. The summed E-state index contributed by atoms with van der Waals surface area (Å²) >= 11 is 0. The number of Topliss-reactive ketones (excluding diaryl/α,β-unsaturated/α-hetero) is 1. The number of rotatable bonds is 4. The molecule has 2 unspecified atom stereocenters. The first kappa shape index (κ1) is 15.0. The summed E-state index contributed by atoms with van der Waals surface area (Å²) in [7, 11) is 0. The highest BCUT2D eigenvalue weighted by Crippen LogP contribution is 2.35. The SMILES string of the molecule is Cc1cccc(C(CC2CCCCC2=O)c2ccccc2)c1. The maximum atomic E-state index is 12.3. The first-order valence-electron chi connectivity index (χ1n) is 8.38. The Balaban J connectivity index is 1.91. The molecule has 1 nitrogen and oxygen atoms in total. The zero-order chi connectivity index (χ0) is 15.4. The van der Waals surface area contributed by atoms with E-state index in [0.717, 1.165) is 25.7 Å². The minimum atomic E-state index is 0.236. The van der Waals surface area contributed by atoms with Crippen LogP contribution in [0.1, 0.15) is 54.7 Å². The van der Waals surface area contributed by atoms with Crippen molar-refractivity contribution >= 4 is 5.78 Å². The minimum Gasteiger partial charge on any atom is -0.299 e. The van der Waals surface area contributed by atoms with E-state index in [1.165, 1.54) is 23.1 Å². The number of ketones is 1. The molecular weight excluding hydrogens is 268 g/mol. The Hall–Kier alpha value is -1.89. The van der Waals surface area contributed by atoms with Gasteiger partial charge in [-0.2, -0.15) is 0 Å². The van der Waals surface area contributed by atoms with E-state index in [1.54, 1.807) is 0 Å². The fourth-order valence-electron chi connectivity index (χ4n) is 3.63. The predicted molar refractivity (Wildman–Crippen MR) is 91.0 cm³/mol. The van der Waals surface area contributed by atoms with Gasteiger partial charge >= 0.3 is 0 Å². The standard InChI is InChI=1S/C21H24O/c1-16-8-7-12-18(14-16)20(17-9-3-2-4-10-17)15-19-11-5-6-13-21(19)22/h2-4,7-10,12,14,19-20H,5-6,11,13,15H2,1H3. The van der Waals surface area contributed by atoms with Gasteiger partial charge in [0, 0.05) is 18.3 Å². The quantitative estimate of drug-likeness (QED) is 0.749. The van der Waals surface area contributed by atoms with E-state index in [9.17, 15) is 4.79 Å². The van der Waals surface area contributed by atoms with E-state index in [0.29, 0.717) is 11.7 Å². The Morgan fingerprint density at radius 3 is 2.50 bits per heavy atom. The lowest BCUT2D eigenvalue weighted by Crippen LogP contribution is -2.21. The molecule has 22 heavy (non-hydrogen) atoms. The van der Waals surface area contributed by atoms with Crippen LogP contribution >= 0.6 is 0 Å². The van der Waals surface area contributed by atoms with Gasteiger partial charge in [-0.1, -0.05) is 66.6 Å². The van der Waals surface area contributed by atoms with Gasteiger partial charge < -0.3 is 0 Å². The van der Waals surface area contributed by atoms with Crippen LogP contribution in [0, 0.1) is 12.8 Å². The normalized spacial score (nSPS) is 19.9. The highest BCUT2D eigenvalue weighted by Gasteiger charge is 2.27. The third-order valence-electron chi connectivity index (χ3n) is 4.85. The van der Waals surface area contributed by atoms with Crippen molar-refractivity contribution in [2.24, 2.45) is 5.92 Å². The Kier molecular flexibility index (Phi) is 4.72. The molecule has 0 bridgehead atoms. The molecule has 0 spiro atoms. The van der Waals surface area contributed by atoms with E-state index in [-0.39, 0.29) is 5.92 Å². The molecule has 0 aromatic heterocycles. The van der Waals surface area contributed by atoms with Crippen LogP contribution < -0.4 is 0 Å². The van der Waals surface area contributed by atoms with Crippen molar-refractivity contribution in [3.8, 4) is 0 Å². The molecule has 114 valence electrons. The lowest BCUT2D eigenvalue weighted by atomic mass is 9.77. The monoisotopic (exact) mass is 292 g/mol. The molecule has 1 saturated carbocycles. The van der Waals surface area contributed by atoms with Crippen LogP contribution in [-0.4, -0.2) is 5.78 Å². The largest absolute Gasteiger partial charge is 0.299 e. The zero-order valence-electron chi connectivity index (χ0n) is 13.3. The predicted octanol–water partition coefficient (Wildman–Crippen LogP) is 5.28. The van der Waals surface area contributed by atoms with E-state index in [1.807, 2.05) is 0 Å². The Morgan fingerprint density at radius 2 is 1.77 bits per heavy atom. The number of hydrogen-bond acceptors (Lipinski definition) is 1. The summed E-state index contributed by atoms with van der Waals surface area (Å²) in [5.41, 5.74) is 3.95. The van der Waals surface area contributed by atoms with Gasteiger partial charge in [0.25, 0.3) is 0 Å². The molecule has 0 aliphatic heterocycles. The highest BCUT2D eigenvalue weighted by molar-refractivity contribution is 5.81. The Morgan fingerprint density at radius 1 is 1.00 bits per heavy atom. The van der Waals surface area contributed by atoms with Gasteiger partial charge in [-0.3, -0.25) is 4.79 Å². The lowest BCUT2D eigenvalue weighted by Gasteiger charge is -2.26. The summed E-state index contributed by atoms with van der Waals surface area (Å²) in [6.45, 7) is 2.14. The molecule has 0 heterocycles. The minimum absolute atomic E-state index is 0.236. The van der Waals surface area contributed by atoms with Crippen molar-refractivity contribution in [1.29, 1.82) is 0 Å². The summed E-state index contributed by atoms with van der Waals surface area (Å²) in [6.07, 6.45) is 5.07. The van der Waals surface area contributed by atoms with Crippen LogP contribution in [0.4, 0.5) is 0 Å². The molecule has 0 saturated heterocycles.